The standard InChI is InChI=1S/C28H36FN3O2/c29-23-11-9-21(10-12-23)28(34)32-26-4-2-1-3-22(26)18-27(33)31-25-15-7-20(8-16-25)17-19-5-13-24(30)14-6-19/h1-4,9-12,19-20,24-25H,5-8,13-18,30H2,(H,31,33)(H,32,34). The quantitative estimate of drug-likeness (QED) is 0.525. The Morgan fingerprint density at radius 1 is 0.853 bits per heavy atom. The molecule has 0 aliphatic heterocycles. The predicted octanol–water partition coefficient (Wildman–Crippen LogP) is 5.20. The van der Waals surface area contributed by atoms with E-state index in [9.17, 15) is 14.0 Å². The molecule has 5 nitrogen and oxygen atoms in total. The fourth-order valence-electron chi connectivity index (χ4n) is 5.48. The number of nitrogens with two attached hydrogens (primary N) is 1. The topological polar surface area (TPSA) is 84.2 Å². The van der Waals surface area contributed by atoms with Crippen molar-refractivity contribution >= 4 is 17.5 Å². The molecule has 0 spiro atoms. The van der Waals surface area contributed by atoms with E-state index in [-0.39, 0.29) is 30.1 Å². The summed E-state index contributed by atoms with van der Waals surface area (Å²) < 4.78 is 13.1. The Bertz CT molecular complexity index is 962. The first kappa shape index (κ1) is 24.4. The number of benzene rings is 2. The second kappa shape index (κ2) is 11.6. The van der Waals surface area contributed by atoms with Crippen LogP contribution >= 0.6 is 0 Å². The molecule has 2 amide bonds. The van der Waals surface area contributed by atoms with Gasteiger partial charge in [-0.15, -0.1) is 0 Å². The lowest BCUT2D eigenvalue weighted by atomic mass is 9.76. The summed E-state index contributed by atoms with van der Waals surface area (Å²) in [6, 6.07) is 13.4. The minimum absolute atomic E-state index is 0.0202. The molecule has 2 aromatic rings. The summed E-state index contributed by atoms with van der Waals surface area (Å²) in [5, 5.41) is 6.06. The van der Waals surface area contributed by atoms with Gasteiger partial charge in [0.25, 0.3) is 5.91 Å². The third kappa shape index (κ3) is 6.89. The van der Waals surface area contributed by atoms with Gasteiger partial charge < -0.3 is 16.4 Å². The van der Waals surface area contributed by atoms with Crippen LogP contribution in [0.3, 0.4) is 0 Å². The van der Waals surface area contributed by atoms with E-state index in [1.165, 1.54) is 69.2 Å². The van der Waals surface area contributed by atoms with Gasteiger partial charge in [0.1, 0.15) is 5.82 Å². The molecule has 2 aliphatic carbocycles. The minimum Gasteiger partial charge on any atom is -0.353 e. The number of amides is 2. The molecule has 0 bridgehead atoms. The maximum absolute atomic E-state index is 13.1. The van der Waals surface area contributed by atoms with Crippen LogP contribution in [0.25, 0.3) is 0 Å². The van der Waals surface area contributed by atoms with Crippen molar-refractivity contribution in [2.75, 3.05) is 5.32 Å². The van der Waals surface area contributed by atoms with Gasteiger partial charge in [0, 0.05) is 23.3 Å². The Hall–Kier alpha value is -2.73. The number of hydrogen-bond donors (Lipinski definition) is 3. The lowest BCUT2D eigenvalue weighted by Crippen LogP contribution is -2.39. The van der Waals surface area contributed by atoms with Crippen molar-refractivity contribution in [2.24, 2.45) is 17.6 Å². The first-order chi connectivity index (χ1) is 16.5. The molecule has 0 aromatic heterocycles. The van der Waals surface area contributed by atoms with Crippen LogP contribution in [0, 0.1) is 17.7 Å². The maximum Gasteiger partial charge on any atom is 0.255 e. The Kier molecular flexibility index (Phi) is 8.33. The van der Waals surface area contributed by atoms with Gasteiger partial charge in [0.15, 0.2) is 0 Å². The summed E-state index contributed by atoms with van der Waals surface area (Å²) in [7, 11) is 0. The van der Waals surface area contributed by atoms with E-state index in [0.29, 0.717) is 17.3 Å². The average molecular weight is 466 g/mol. The summed E-state index contributed by atoms with van der Waals surface area (Å²) in [5.41, 5.74) is 7.77. The molecule has 0 radical (unpaired) electrons. The highest BCUT2D eigenvalue weighted by molar-refractivity contribution is 6.04. The van der Waals surface area contributed by atoms with E-state index in [1.807, 2.05) is 18.2 Å². The fourth-order valence-corrected chi connectivity index (χ4v) is 5.48. The second-order valence-electron chi connectivity index (χ2n) is 10.1. The molecule has 34 heavy (non-hydrogen) atoms. The third-order valence-corrected chi connectivity index (χ3v) is 7.49. The number of nitrogens with one attached hydrogen (secondary N) is 2. The number of para-hydroxylation sites is 1. The molecular weight excluding hydrogens is 429 g/mol. The predicted molar refractivity (Wildman–Crippen MR) is 133 cm³/mol. The molecule has 0 atom stereocenters. The SMILES string of the molecule is NC1CCC(CC2CCC(NC(=O)Cc3ccccc3NC(=O)c3ccc(F)cc3)CC2)CC1. The summed E-state index contributed by atoms with van der Waals surface area (Å²) in [6.07, 6.45) is 10.8. The van der Waals surface area contributed by atoms with Gasteiger partial charge in [-0.05, 0) is 106 Å². The molecule has 4 N–H and O–H groups in total. The molecule has 0 unspecified atom stereocenters. The van der Waals surface area contributed by atoms with Gasteiger partial charge in [-0.1, -0.05) is 18.2 Å². The molecule has 6 heteroatoms. The summed E-state index contributed by atoms with van der Waals surface area (Å²) in [5.74, 6) is 0.869. The van der Waals surface area contributed by atoms with E-state index in [4.69, 9.17) is 5.73 Å². The summed E-state index contributed by atoms with van der Waals surface area (Å²) in [4.78, 5) is 25.3. The number of carbonyl (C=O) groups is 2. The lowest BCUT2D eigenvalue weighted by Gasteiger charge is -2.33. The smallest absolute Gasteiger partial charge is 0.255 e. The second-order valence-corrected chi connectivity index (χ2v) is 10.1. The average Bonchev–Trinajstić information content (AvgIpc) is 2.83. The summed E-state index contributed by atoms with van der Waals surface area (Å²) in [6.45, 7) is 0. The first-order valence-electron chi connectivity index (χ1n) is 12.7. The third-order valence-electron chi connectivity index (χ3n) is 7.49. The molecule has 2 saturated carbocycles. The van der Waals surface area contributed by atoms with E-state index >= 15 is 0 Å². The van der Waals surface area contributed by atoms with Crippen molar-refractivity contribution < 1.29 is 14.0 Å². The van der Waals surface area contributed by atoms with Crippen LogP contribution < -0.4 is 16.4 Å². The number of rotatable bonds is 7. The van der Waals surface area contributed by atoms with Crippen LogP contribution in [0.1, 0.15) is 73.7 Å². The van der Waals surface area contributed by atoms with Crippen molar-refractivity contribution in [3.05, 3.63) is 65.5 Å². The lowest BCUT2D eigenvalue weighted by molar-refractivity contribution is -0.121. The first-order valence-corrected chi connectivity index (χ1v) is 12.7. The maximum atomic E-state index is 13.1. The highest BCUT2D eigenvalue weighted by Gasteiger charge is 2.27. The largest absolute Gasteiger partial charge is 0.353 e. The number of anilines is 1. The van der Waals surface area contributed by atoms with Crippen molar-refractivity contribution in [3.8, 4) is 0 Å². The van der Waals surface area contributed by atoms with Crippen LogP contribution in [0.4, 0.5) is 10.1 Å². The van der Waals surface area contributed by atoms with E-state index in [2.05, 4.69) is 10.6 Å². The van der Waals surface area contributed by atoms with E-state index in [0.717, 1.165) is 30.2 Å². The van der Waals surface area contributed by atoms with Crippen molar-refractivity contribution in [2.45, 2.75) is 76.3 Å². The summed E-state index contributed by atoms with van der Waals surface area (Å²) >= 11 is 0. The van der Waals surface area contributed by atoms with Gasteiger partial charge in [-0.2, -0.15) is 0 Å². The Balaban J connectivity index is 1.24. The number of carbonyl (C=O) groups excluding carboxylic acids is 2. The highest BCUT2D eigenvalue weighted by Crippen LogP contribution is 2.35. The van der Waals surface area contributed by atoms with E-state index in [1.54, 1.807) is 6.07 Å². The van der Waals surface area contributed by atoms with Crippen LogP contribution in [0.5, 0.6) is 0 Å². The van der Waals surface area contributed by atoms with Crippen molar-refractivity contribution in [3.63, 3.8) is 0 Å². The molecule has 0 heterocycles. The van der Waals surface area contributed by atoms with Gasteiger partial charge in [-0.25, -0.2) is 4.39 Å². The number of hydrogen-bond acceptors (Lipinski definition) is 3. The molecular formula is C28H36FN3O2. The Morgan fingerprint density at radius 2 is 1.47 bits per heavy atom. The fraction of sp³-hybridized carbons (Fsp3) is 0.500. The van der Waals surface area contributed by atoms with Gasteiger partial charge in [-0.3, -0.25) is 9.59 Å². The molecule has 2 fully saturated rings. The minimum atomic E-state index is -0.388. The molecule has 2 aromatic carbocycles. The highest BCUT2D eigenvalue weighted by atomic mass is 19.1. The molecule has 4 rings (SSSR count). The van der Waals surface area contributed by atoms with Crippen LogP contribution in [0.2, 0.25) is 0 Å². The zero-order valence-corrected chi connectivity index (χ0v) is 19.8. The molecule has 0 saturated heterocycles. The monoisotopic (exact) mass is 465 g/mol. The van der Waals surface area contributed by atoms with Crippen LogP contribution in [-0.2, 0) is 11.2 Å². The molecule has 182 valence electrons. The Morgan fingerprint density at radius 3 is 2.15 bits per heavy atom. The Labute approximate surface area is 201 Å². The van der Waals surface area contributed by atoms with Gasteiger partial charge in [0.2, 0.25) is 5.91 Å². The van der Waals surface area contributed by atoms with Gasteiger partial charge in [0.05, 0.1) is 6.42 Å². The zero-order chi connectivity index (χ0) is 23.9. The van der Waals surface area contributed by atoms with Crippen LogP contribution in [-0.4, -0.2) is 23.9 Å². The number of halogens is 1. The van der Waals surface area contributed by atoms with Gasteiger partial charge >= 0.3 is 0 Å². The van der Waals surface area contributed by atoms with Crippen molar-refractivity contribution in [1.82, 2.24) is 5.32 Å². The van der Waals surface area contributed by atoms with Crippen molar-refractivity contribution in [1.29, 1.82) is 0 Å². The normalized spacial score (nSPS) is 24.9. The molecule has 2 aliphatic rings. The van der Waals surface area contributed by atoms with Crippen LogP contribution in [0.15, 0.2) is 48.5 Å². The van der Waals surface area contributed by atoms with E-state index < -0.39 is 0 Å². The zero-order valence-electron chi connectivity index (χ0n) is 19.8.